The zero-order chi connectivity index (χ0) is 13.0. The van der Waals surface area contributed by atoms with Crippen LogP contribution in [-0.4, -0.2) is 51.9 Å². The topological polar surface area (TPSA) is 41.1 Å². The zero-order valence-corrected chi connectivity index (χ0v) is 13.6. The van der Waals surface area contributed by atoms with Crippen molar-refractivity contribution in [3.63, 3.8) is 0 Å². The van der Waals surface area contributed by atoms with E-state index in [0.717, 1.165) is 36.6 Å². The van der Waals surface area contributed by atoms with Gasteiger partial charge in [-0.05, 0) is 0 Å². The fraction of sp³-hybridized carbons (Fsp3) is 0.692. The van der Waals surface area contributed by atoms with Gasteiger partial charge in [-0.2, -0.15) is 0 Å². The molecule has 1 aromatic heterocycles. The number of hydrogen-bond donors (Lipinski definition) is 1. The van der Waals surface area contributed by atoms with Crippen molar-refractivity contribution in [1.29, 1.82) is 0 Å². The first-order valence-corrected chi connectivity index (χ1v) is 9.10. The zero-order valence-electron chi connectivity index (χ0n) is 11.5. The van der Waals surface area contributed by atoms with Gasteiger partial charge in [-0.3, -0.25) is 0 Å². The van der Waals surface area contributed by atoms with Crippen LogP contribution in [0.4, 0.5) is 5.82 Å². The van der Waals surface area contributed by atoms with Crippen LogP contribution in [0.25, 0.3) is 0 Å². The molecule has 0 aromatic carbocycles. The minimum atomic E-state index is -0.207. The van der Waals surface area contributed by atoms with Gasteiger partial charge in [0.25, 0.3) is 0 Å². The van der Waals surface area contributed by atoms with Crippen LogP contribution in [0.2, 0.25) is 5.21 Å². The van der Waals surface area contributed by atoms with Crippen molar-refractivity contribution < 1.29 is 0 Å². The number of piperazine rings is 1. The molecule has 0 spiro atoms. The third kappa shape index (κ3) is 4.25. The van der Waals surface area contributed by atoms with Crippen LogP contribution in [0.15, 0.2) is 12.3 Å². The monoisotopic (exact) mass is 310 g/mol. The Morgan fingerprint density at radius 1 is 1.33 bits per heavy atom. The first-order chi connectivity index (χ1) is 8.54. The number of anilines is 1. The van der Waals surface area contributed by atoms with Crippen molar-refractivity contribution in [1.82, 2.24) is 15.3 Å². The predicted molar refractivity (Wildman–Crippen MR) is 78.2 cm³/mol. The summed E-state index contributed by atoms with van der Waals surface area (Å²) in [6, 6.07) is 2.04. The molecule has 2 heterocycles. The third-order valence-corrected chi connectivity index (χ3v) is 6.62. The van der Waals surface area contributed by atoms with Crippen LogP contribution >= 0.6 is 0 Å². The van der Waals surface area contributed by atoms with Gasteiger partial charge in [0.1, 0.15) is 0 Å². The second-order valence-electron chi connectivity index (χ2n) is 5.89. The van der Waals surface area contributed by atoms with Crippen LogP contribution in [0.3, 0.4) is 0 Å². The first kappa shape index (κ1) is 13.8. The first-order valence-electron chi connectivity index (χ1n) is 6.57. The van der Waals surface area contributed by atoms with E-state index in [1.807, 2.05) is 12.3 Å². The Morgan fingerprint density at radius 3 is 2.72 bits per heavy atom. The average molecular weight is 310 g/mol. The average Bonchev–Trinajstić information content (AvgIpc) is 2.37. The Balaban J connectivity index is 2.00. The molecular weight excluding hydrogens is 287 g/mol. The summed E-state index contributed by atoms with van der Waals surface area (Å²) in [6.45, 7) is 11.1. The Labute approximate surface area is 116 Å². The minimum absolute atomic E-state index is 0.207. The Morgan fingerprint density at radius 2 is 2.06 bits per heavy atom. The fourth-order valence-electron chi connectivity index (χ4n) is 1.85. The molecule has 2 rings (SSSR count). The quantitative estimate of drug-likeness (QED) is 0.821. The molecule has 5 heteroatoms. The van der Waals surface area contributed by atoms with Crippen molar-refractivity contribution in [3.8, 4) is 0 Å². The molecule has 0 amide bonds. The Hall–Kier alpha value is -0.602. The summed E-state index contributed by atoms with van der Waals surface area (Å²) in [5.41, 5.74) is 0.397. The van der Waals surface area contributed by atoms with Gasteiger partial charge in [0.15, 0.2) is 0 Å². The number of hydrogen-bond acceptors (Lipinski definition) is 4. The molecule has 0 radical (unpaired) electrons. The van der Waals surface area contributed by atoms with Gasteiger partial charge >= 0.3 is 116 Å². The SMILES string of the molecule is CC(C)(C)C[AsH]c1nccc(N2CCNCC2)n1. The summed E-state index contributed by atoms with van der Waals surface area (Å²) >= 11 is -0.207. The van der Waals surface area contributed by atoms with Crippen molar-refractivity contribution >= 4 is 26.2 Å². The van der Waals surface area contributed by atoms with Gasteiger partial charge in [0.2, 0.25) is 0 Å². The molecule has 1 aliphatic heterocycles. The summed E-state index contributed by atoms with van der Waals surface area (Å²) in [5, 5.41) is 4.61. The van der Waals surface area contributed by atoms with Gasteiger partial charge in [-0.1, -0.05) is 0 Å². The van der Waals surface area contributed by atoms with E-state index in [1.54, 1.807) is 0 Å². The van der Waals surface area contributed by atoms with E-state index in [2.05, 4.69) is 36.0 Å². The summed E-state index contributed by atoms with van der Waals surface area (Å²) in [7, 11) is 0. The summed E-state index contributed by atoms with van der Waals surface area (Å²) < 4.78 is 1.10. The van der Waals surface area contributed by atoms with E-state index in [1.165, 1.54) is 5.21 Å². The number of nitrogens with zero attached hydrogens (tertiary/aromatic N) is 3. The Bertz CT molecular complexity index is 383. The molecule has 1 unspecified atom stereocenters. The van der Waals surface area contributed by atoms with Gasteiger partial charge in [0.05, 0.1) is 0 Å². The van der Waals surface area contributed by atoms with Gasteiger partial charge < -0.3 is 0 Å². The third-order valence-electron chi connectivity index (χ3n) is 2.86. The second-order valence-corrected chi connectivity index (χ2v) is 8.31. The van der Waals surface area contributed by atoms with E-state index in [-0.39, 0.29) is 15.8 Å². The van der Waals surface area contributed by atoms with Gasteiger partial charge in [-0.15, -0.1) is 0 Å². The van der Waals surface area contributed by atoms with Gasteiger partial charge in [0, 0.05) is 0 Å². The maximum absolute atomic E-state index is 4.74. The molecule has 4 nitrogen and oxygen atoms in total. The van der Waals surface area contributed by atoms with E-state index in [4.69, 9.17) is 4.98 Å². The molecule has 1 atom stereocenters. The van der Waals surface area contributed by atoms with Gasteiger partial charge in [-0.25, -0.2) is 0 Å². The van der Waals surface area contributed by atoms with Crippen molar-refractivity contribution in [2.45, 2.75) is 26.0 Å². The number of aromatic nitrogens is 2. The van der Waals surface area contributed by atoms with E-state index in [9.17, 15) is 0 Å². The molecule has 0 bridgehead atoms. The molecule has 0 aliphatic carbocycles. The molecule has 1 aromatic rings. The fourth-order valence-corrected chi connectivity index (χ4v) is 4.05. The molecule has 18 heavy (non-hydrogen) atoms. The van der Waals surface area contributed by atoms with E-state index in [0.29, 0.717) is 5.41 Å². The van der Waals surface area contributed by atoms with E-state index >= 15 is 0 Å². The molecule has 100 valence electrons. The molecule has 1 N–H and O–H groups in total. The van der Waals surface area contributed by atoms with Crippen LogP contribution in [0.1, 0.15) is 20.8 Å². The number of rotatable bonds is 3. The van der Waals surface area contributed by atoms with E-state index < -0.39 is 0 Å². The maximum atomic E-state index is 4.74. The summed E-state index contributed by atoms with van der Waals surface area (Å²) in [4.78, 5) is 11.5. The molecule has 1 fully saturated rings. The summed E-state index contributed by atoms with van der Waals surface area (Å²) in [5.74, 6) is 1.11. The van der Waals surface area contributed by atoms with Crippen LogP contribution in [0.5, 0.6) is 0 Å². The van der Waals surface area contributed by atoms with Crippen LogP contribution < -0.4 is 14.8 Å². The standard InChI is InChI=1S/C13H23AsN4/c1-13(2,3)10-14-12-16-5-4-11(17-12)18-8-6-15-7-9-18/h4-5,14-15H,6-10H2,1-3H3. The van der Waals surface area contributed by atoms with Crippen molar-refractivity contribution in [3.05, 3.63) is 12.3 Å². The normalized spacial score (nSPS) is 17.6. The molecule has 1 aliphatic rings. The van der Waals surface area contributed by atoms with Crippen LogP contribution in [0, 0.1) is 5.41 Å². The van der Waals surface area contributed by atoms with Crippen LogP contribution in [-0.2, 0) is 0 Å². The van der Waals surface area contributed by atoms with Crippen molar-refractivity contribution in [2.24, 2.45) is 5.41 Å². The Kier molecular flexibility index (Phi) is 4.63. The molecule has 1 saturated heterocycles. The second kappa shape index (κ2) is 6.03. The molecule has 0 saturated carbocycles. The summed E-state index contributed by atoms with van der Waals surface area (Å²) in [6.07, 6.45) is 1.92. The predicted octanol–water partition coefficient (Wildman–Crippen LogP) is 0.412. The molecular formula is C13H23AsN4. The van der Waals surface area contributed by atoms with Crippen molar-refractivity contribution in [2.75, 3.05) is 31.1 Å². The number of nitrogens with one attached hydrogen (secondary N) is 1.